The number of esters is 1. The van der Waals surface area contributed by atoms with E-state index in [1.54, 1.807) is 6.92 Å². The first-order chi connectivity index (χ1) is 10.4. The molecule has 0 aromatic carbocycles. The van der Waals surface area contributed by atoms with Gasteiger partial charge in [-0.05, 0) is 0 Å². The van der Waals surface area contributed by atoms with E-state index in [4.69, 9.17) is 25.8 Å². The minimum absolute atomic E-state index is 0.0388. The number of amides is 1. The number of ether oxygens (including phenoxy) is 3. The molecule has 0 saturated heterocycles. The van der Waals surface area contributed by atoms with Gasteiger partial charge in [0.2, 0.25) is 0 Å². The zero-order valence-electron chi connectivity index (χ0n) is 12.1. The van der Waals surface area contributed by atoms with Crippen molar-refractivity contribution in [2.24, 2.45) is 0 Å². The largest absolute Gasteiger partial charge is 0.463 e. The molecule has 1 rings (SSSR count). The molecule has 0 aliphatic carbocycles. The van der Waals surface area contributed by atoms with E-state index < -0.39 is 20.3 Å². The van der Waals surface area contributed by atoms with Crippen molar-refractivity contribution in [1.29, 1.82) is 0 Å². The molecular formula is C12H18ClNO7S. The van der Waals surface area contributed by atoms with E-state index in [1.165, 1.54) is 0 Å². The molecule has 1 aliphatic rings. The van der Waals surface area contributed by atoms with Gasteiger partial charge in [-0.1, -0.05) is 18.5 Å². The molecule has 22 heavy (non-hydrogen) atoms. The first kappa shape index (κ1) is 18.9. The SMILES string of the molecule is CCC(=O)OCCOCCOCCN1C(=O)C=C(Cl)S1(=O)=O. The van der Waals surface area contributed by atoms with Crippen LogP contribution in [0.4, 0.5) is 0 Å². The second kappa shape index (κ2) is 9.09. The third kappa shape index (κ3) is 5.56. The molecule has 0 N–H and O–H groups in total. The van der Waals surface area contributed by atoms with Crippen LogP contribution >= 0.6 is 11.6 Å². The normalized spacial score (nSPS) is 16.7. The Morgan fingerprint density at radius 2 is 1.77 bits per heavy atom. The smallest absolute Gasteiger partial charge is 0.305 e. The number of rotatable bonds is 10. The third-order valence-electron chi connectivity index (χ3n) is 2.61. The van der Waals surface area contributed by atoms with Crippen LogP contribution in [0.3, 0.4) is 0 Å². The van der Waals surface area contributed by atoms with E-state index in [2.05, 4.69) is 0 Å². The molecule has 126 valence electrons. The summed E-state index contributed by atoms with van der Waals surface area (Å²) in [6.07, 6.45) is 1.18. The summed E-state index contributed by atoms with van der Waals surface area (Å²) in [5.41, 5.74) is 0. The molecule has 10 heteroatoms. The van der Waals surface area contributed by atoms with Crippen molar-refractivity contribution in [2.75, 3.05) is 39.6 Å². The summed E-state index contributed by atoms with van der Waals surface area (Å²) in [6.45, 7) is 2.56. The summed E-state index contributed by atoms with van der Waals surface area (Å²) < 4.78 is 38.5. The Morgan fingerprint density at radius 1 is 1.18 bits per heavy atom. The van der Waals surface area contributed by atoms with Crippen LogP contribution in [0.2, 0.25) is 0 Å². The monoisotopic (exact) mass is 355 g/mol. The maximum atomic E-state index is 11.6. The Morgan fingerprint density at radius 3 is 2.32 bits per heavy atom. The molecule has 0 aromatic heterocycles. The summed E-state index contributed by atoms with van der Waals surface area (Å²) in [5.74, 6) is -0.966. The highest BCUT2D eigenvalue weighted by Gasteiger charge is 2.35. The van der Waals surface area contributed by atoms with Gasteiger partial charge < -0.3 is 14.2 Å². The lowest BCUT2D eigenvalue weighted by Crippen LogP contribution is -2.33. The molecule has 0 aromatic rings. The number of carbonyl (C=O) groups excluding carboxylic acids is 2. The van der Waals surface area contributed by atoms with Crippen LogP contribution in [0, 0.1) is 0 Å². The molecule has 0 unspecified atom stereocenters. The van der Waals surface area contributed by atoms with Gasteiger partial charge in [0.15, 0.2) is 4.36 Å². The number of halogens is 1. The minimum Gasteiger partial charge on any atom is -0.463 e. The Bertz CT molecular complexity index is 532. The van der Waals surface area contributed by atoms with Crippen molar-refractivity contribution in [2.45, 2.75) is 13.3 Å². The topological polar surface area (TPSA) is 99.2 Å². The molecule has 0 bridgehead atoms. The fraction of sp³-hybridized carbons (Fsp3) is 0.667. The van der Waals surface area contributed by atoms with Gasteiger partial charge in [0.25, 0.3) is 15.9 Å². The van der Waals surface area contributed by atoms with E-state index in [9.17, 15) is 18.0 Å². The fourth-order valence-corrected chi connectivity index (χ4v) is 2.89. The minimum atomic E-state index is -3.88. The predicted molar refractivity (Wildman–Crippen MR) is 77.5 cm³/mol. The first-order valence-corrected chi connectivity index (χ1v) is 8.46. The quantitative estimate of drug-likeness (QED) is 0.408. The average Bonchev–Trinajstić information content (AvgIpc) is 2.66. The van der Waals surface area contributed by atoms with E-state index in [0.29, 0.717) is 10.7 Å². The number of sulfonamides is 1. The van der Waals surface area contributed by atoms with Crippen LogP contribution in [0.25, 0.3) is 0 Å². The second-order valence-corrected chi connectivity index (χ2v) is 6.62. The second-order valence-electron chi connectivity index (χ2n) is 4.16. The number of carbonyl (C=O) groups is 2. The van der Waals surface area contributed by atoms with E-state index in [-0.39, 0.29) is 45.5 Å². The zero-order valence-corrected chi connectivity index (χ0v) is 13.7. The van der Waals surface area contributed by atoms with E-state index in [1.807, 2.05) is 0 Å². The lowest BCUT2D eigenvalue weighted by molar-refractivity contribution is -0.145. The van der Waals surface area contributed by atoms with Crippen LogP contribution in [-0.2, 0) is 33.8 Å². The van der Waals surface area contributed by atoms with Gasteiger partial charge >= 0.3 is 5.97 Å². The molecule has 1 heterocycles. The standard InChI is InChI=1S/C12H18ClNO7S/c1-2-12(16)21-8-7-20-6-5-19-4-3-14-11(15)9-10(13)22(14,17)18/h9H,2-8H2,1H3. The highest BCUT2D eigenvalue weighted by Crippen LogP contribution is 2.24. The van der Waals surface area contributed by atoms with Crippen LogP contribution in [0.15, 0.2) is 10.4 Å². The number of nitrogens with zero attached hydrogens (tertiary/aromatic N) is 1. The molecule has 0 atom stereocenters. The Kier molecular flexibility index (Phi) is 7.80. The van der Waals surface area contributed by atoms with Gasteiger partial charge in [0.05, 0.1) is 33.0 Å². The zero-order chi connectivity index (χ0) is 16.6. The maximum absolute atomic E-state index is 11.6. The van der Waals surface area contributed by atoms with Gasteiger partial charge in [-0.2, -0.15) is 8.42 Å². The molecule has 0 spiro atoms. The number of hydrogen-bond donors (Lipinski definition) is 0. The Balaban J connectivity index is 2.05. The van der Waals surface area contributed by atoms with Crippen molar-refractivity contribution in [3.8, 4) is 0 Å². The molecule has 8 nitrogen and oxygen atoms in total. The predicted octanol–water partition coefficient (Wildman–Crippen LogP) is 0.225. The molecule has 0 saturated carbocycles. The van der Waals surface area contributed by atoms with Crippen molar-refractivity contribution in [3.05, 3.63) is 10.4 Å². The Labute approximate surface area is 134 Å². The molecule has 0 radical (unpaired) electrons. The average molecular weight is 356 g/mol. The van der Waals surface area contributed by atoms with Gasteiger partial charge in [0, 0.05) is 12.5 Å². The highest BCUT2D eigenvalue weighted by molar-refractivity contribution is 7.95. The van der Waals surface area contributed by atoms with E-state index >= 15 is 0 Å². The maximum Gasteiger partial charge on any atom is 0.305 e. The fourth-order valence-electron chi connectivity index (χ4n) is 1.48. The van der Waals surface area contributed by atoms with Crippen LogP contribution < -0.4 is 0 Å². The number of hydrogen-bond acceptors (Lipinski definition) is 7. The summed E-state index contributed by atoms with van der Waals surface area (Å²) in [6, 6.07) is 0. The highest BCUT2D eigenvalue weighted by atomic mass is 35.5. The first-order valence-electron chi connectivity index (χ1n) is 6.64. The lowest BCUT2D eigenvalue weighted by Gasteiger charge is -2.15. The van der Waals surface area contributed by atoms with Gasteiger partial charge in [-0.3, -0.25) is 9.59 Å². The Hall–Kier alpha value is -1.16. The summed E-state index contributed by atoms with van der Waals surface area (Å²) >= 11 is 5.45. The molecule has 1 amide bonds. The van der Waals surface area contributed by atoms with Crippen molar-refractivity contribution in [1.82, 2.24) is 4.31 Å². The van der Waals surface area contributed by atoms with Crippen LogP contribution in [-0.4, -0.2) is 64.2 Å². The van der Waals surface area contributed by atoms with Gasteiger partial charge in [-0.25, -0.2) is 4.31 Å². The van der Waals surface area contributed by atoms with Crippen molar-refractivity contribution < 1.29 is 32.2 Å². The summed E-state index contributed by atoms with van der Waals surface area (Å²) in [4.78, 5) is 22.2. The molecule has 0 fully saturated rings. The summed E-state index contributed by atoms with van der Waals surface area (Å²) in [7, 11) is -3.88. The van der Waals surface area contributed by atoms with Gasteiger partial charge in [-0.15, -0.1) is 0 Å². The lowest BCUT2D eigenvalue weighted by atomic mass is 10.5. The van der Waals surface area contributed by atoms with Crippen LogP contribution in [0.1, 0.15) is 13.3 Å². The van der Waals surface area contributed by atoms with E-state index in [0.717, 1.165) is 6.08 Å². The third-order valence-corrected chi connectivity index (χ3v) is 4.86. The van der Waals surface area contributed by atoms with Crippen molar-refractivity contribution >= 4 is 33.5 Å². The summed E-state index contributed by atoms with van der Waals surface area (Å²) in [5, 5.41) is 0. The molecule has 1 aliphatic heterocycles. The van der Waals surface area contributed by atoms with Crippen LogP contribution in [0.5, 0.6) is 0 Å². The van der Waals surface area contributed by atoms with Crippen molar-refractivity contribution in [3.63, 3.8) is 0 Å². The molecular weight excluding hydrogens is 338 g/mol. The van der Waals surface area contributed by atoms with Gasteiger partial charge in [0.1, 0.15) is 6.61 Å².